The van der Waals surface area contributed by atoms with Gasteiger partial charge in [-0.2, -0.15) is 0 Å². The smallest absolute Gasteiger partial charge is 0.251 e. The number of hydrogen-bond acceptors (Lipinski definition) is 4. The average molecular weight is 255 g/mol. The Morgan fingerprint density at radius 2 is 2.11 bits per heavy atom. The molecule has 2 fully saturated rings. The standard InChI is InChI=1S/C13H25N3O2/c14-5-2-6-15-7-3-8-16(10-9-15)13(17)12-4-1-11-18-12/h12H,1-11,14H2. The van der Waals surface area contributed by atoms with E-state index in [-0.39, 0.29) is 12.0 Å². The second-order valence-corrected chi connectivity index (χ2v) is 5.16. The highest BCUT2D eigenvalue weighted by atomic mass is 16.5. The van der Waals surface area contributed by atoms with Crippen LogP contribution in [0.2, 0.25) is 0 Å². The third kappa shape index (κ3) is 3.67. The number of hydrogen-bond donors (Lipinski definition) is 1. The SMILES string of the molecule is NCCCN1CCCN(C(=O)C2CCCO2)CC1. The Morgan fingerprint density at radius 3 is 2.83 bits per heavy atom. The van der Waals surface area contributed by atoms with Crippen molar-refractivity contribution in [2.45, 2.75) is 31.8 Å². The molecule has 0 aromatic carbocycles. The second kappa shape index (κ2) is 7.07. The van der Waals surface area contributed by atoms with Crippen LogP contribution < -0.4 is 5.73 Å². The number of carbonyl (C=O) groups excluding carboxylic acids is 1. The van der Waals surface area contributed by atoms with Gasteiger partial charge < -0.3 is 20.3 Å². The molecule has 2 aliphatic rings. The van der Waals surface area contributed by atoms with E-state index in [0.29, 0.717) is 0 Å². The summed E-state index contributed by atoms with van der Waals surface area (Å²) in [6.45, 7) is 6.30. The predicted molar refractivity (Wildman–Crippen MR) is 70.3 cm³/mol. The third-order valence-corrected chi connectivity index (χ3v) is 3.78. The van der Waals surface area contributed by atoms with Gasteiger partial charge in [0.1, 0.15) is 6.10 Å². The van der Waals surface area contributed by atoms with E-state index >= 15 is 0 Å². The maximum Gasteiger partial charge on any atom is 0.251 e. The molecule has 0 bridgehead atoms. The Morgan fingerprint density at radius 1 is 1.22 bits per heavy atom. The fourth-order valence-corrected chi connectivity index (χ4v) is 2.71. The van der Waals surface area contributed by atoms with Crippen molar-refractivity contribution in [1.29, 1.82) is 0 Å². The van der Waals surface area contributed by atoms with Gasteiger partial charge in [-0.05, 0) is 45.3 Å². The van der Waals surface area contributed by atoms with Gasteiger partial charge in [-0.1, -0.05) is 0 Å². The minimum atomic E-state index is -0.166. The summed E-state index contributed by atoms with van der Waals surface area (Å²) in [5.74, 6) is 0.202. The lowest BCUT2D eigenvalue weighted by atomic mass is 10.2. The summed E-state index contributed by atoms with van der Waals surface area (Å²) < 4.78 is 5.48. The maximum absolute atomic E-state index is 12.2. The van der Waals surface area contributed by atoms with Crippen LogP contribution in [0.1, 0.15) is 25.7 Å². The van der Waals surface area contributed by atoms with Crippen LogP contribution in [0.5, 0.6) is 0 Å². The fourth-order valence-electron chi connectivity index (χ4n) is 2.71. The molecule has 2 heterocycles. The van der Waals surface area contributed by atoms with Crippen molar-refractivity contribution in [2.24, 2.45) is 5.73 Å². The molecule has 0 spiro atoms. The first-order valence-electron chi connectivity index (χ1n) is 7.14. The minimum Gasteiger partial charge on any atom is -0.368 e. The highest BCUT2D eigenvalue weighted by molar-refractivity contribution is 5.81. The molecule has 2 saturated heterocycles. The summed E-state index contributed by atoms with van der Waals surface area (Å²) in [7, 11) is 0. The summed E-state index contributed by atoms with van der Waals surface area (Å²) >= 11 is 0. The van der Waals surface area contributed by atoms with Gasteiger partial charge in [0, 0.05) is 26.2 Å². The summed E-state index contributed by atoms with van der Waals surface area (Å²) in [4.78, 5) is 16.6. The van der Waals surface area contributed by atoms with Crippen molar-refractivity contribution in [3.8, 4) is 0 Å². The van der Waals surface area contributed by atoms with Crippen LogP contribution in [0.3, 0.4) is 0 Å². The molecule has 0 aliphatic carbocycles. The number of nitrogens with zero attached hydrogens (tertiary/aromatic N) is 2. The maximum atomic E-state index is 12.2. The number of carbonyl (C=O) groups is 1. The third-order valence-electron chi connectivity index (χ3n) is 3.78. The first kappa shape index (κ1) is 13.8. The highest BCUT2D eigenvalue weighted by Crippen LogP contribution is 2.16. The normalized spacial score (nSPS) is 26.3. The van der Waals surface area contributed by atoms with Gasteiger partial charge in [-0.25, -0.2) is 0 Å². The van der Waals surface area contributed by atoms with Crippen molar-refractivity contribution in [1.82, 2.24) is 9.80 Å². The molecule has 104 valence electrons. The van der Waals surface area contributed by atoms with Crippen molar-refractivity contribution < 1.29 is 9.53 Å². The topological polar surface area (TPSA) is 58.8 Å². The number of amides is 1. The Hall–Kier alpha value is -0.650. The van der Waals surface area contributed by atoms with E-state index in [0.717, 1.165) is 71.6 Å². The van der Waals surface area contributed by atoms with E-state index < -0.39 is 0 Å². The van der Waals surface area contributed by atoms with Crippen LogP contribution >= 0.6 is 0 Å². The van der Waals surface area contributed by atoms with E-state index in [9.17, 15) is 4.79 Å². The quantitative estimate of drug-likeness (QED) is 0.771. The molecular formula is C13H25N3O2. The zero-order valence-electron chi connectivity index (χ0n) is 11.1. The number of rotatable bonds is 4. The largest absolute Gasteiger partial charge is 0.368 e. The van der Waals surface area contributed by atoms with Gasteiger partial charge in [-0.3, -0.25) is 4.79 Å². The Bertz CT molecular complexity index is 267. The summed E-state index contributed by atoms with van der Waals surface area (Å²) in [6.07, 6.45) is 3.85. The molecule has 1 unspecified atom stereocenters. The lowest BCUT2D eigenvalue weighted by Crippen LogP contribution is -2.41. The van der Waals surface area contributed by atoms with Crippen LogP contribution in [-0.4, -0.2) is 67.7 Å². The Kier molecular flexibility index (Phi) is 5.41. The van der Waals surface area contributed by atoms with Crippen LogP contribution in [0, 0.1) is 0 Å². The van der Waals surface area contributed by atoms with Gasteiger partial charge >= 0.3 is 0 Å². The van der Waals surface area contributed by atoms with Crippen LogP contribution in [0.15, 0.2) is 0 Å². The molecular weight excluding hydrogens is 230 g/mol. The zero-order chi connectivity index (χ0) is 12.8. The predicted octanol–water partition coefficient (Wildman–Crippen LogP) is 0.0485. The van der Waals surface area contributed by atoms with Crippen molar-refractivity contribution in [3.63, 3.8) is 0 Å². The number of nitrogens with two attached hydrogens (primary N) is 1. The van der Waals surface area contributed by atoms with Gasteiger partial charge in [0.25, 0.3) is 5.91 Å². The molecule has 0 aromatic heterocycles. The average Bonchev–Trinajstić information content (AvgIpc) is 2.82. The van der Waals surface area contributed by atoms with E-state index in [2.05, 4.69) is 4.90 Å². The summed E-state index contributed by atoms with van der Waals surface area (Å²) in [5, 5.41) is 0. The van der Waals surface area contributed by atoms with Gasteiger partial charge in [-0.15, -0.1) is 0 Å². The van der Waals surface area contributed by atoms with Crippen LogP contribution in [0.25, 0.3) is 0 Å². The molecule has 1 amide bonds. The van der Waals surface area contributed by atoms with E-state index in [1.54, 1.807) is 0 Å². The van der Waals surface area contributed by atoms with Crippen molar-refractivity contribution in [3.05, 3.63) is 0 Å². The highest BCUT2D eigenvalue weighted by Gasteiger charge is 2.29. The van der Waals surface area contributed by atoms with Gasteiger partial charge in [0.05, 0.1) is 0 Å². The molecule has 5 nitrogen and oxygen atoms in total. The van der Waals surface area contributed by atoms with Crippen molar-refractivity contribution in [2.75, 3.05) is 45.9 Å². The van der Waals surface area contributed by atoms with Crippen molar-refractivity contribution >= 4 is 5.91 Å². The molecule has 2 N–H and O–H groups in total. The van der Waals surface area contributed by atoms with Crippen LogP contribution in [0.4, 0.5) is 0 Å². The molecule has 2 aliphatic heterocycles. The fraction of sp³-hybridized carbons (Fsp3) is 0.923. The first-order chi connectivity index (χ1) is 8.81. The summed E-state index contributed by atoms with van der Waals surface area (Å²) in [6, 6.07) is 0. The van der Waals surface area contributed by atoms with Gasteiger partial charge in [0.15, 0.2) is 0 Å². The molecule has 18 heavy (non-hydrogen) atoms. The zero-order valence-corrected chi connectivity index (χ0v) is 11.1. The molecule has 5 heteroatoms. The molecule has 2 rings (SSSR count). The molecule has 0 aromatic rings. The molecule has 1 atom stereocenters. The molecule has 0 radical (unpaired) electrons. The summed E-state index contributed by atoms with van der Waals surface area (Å²) in [5.41, 5.74) is 5.54. The first-order valence-corrected chi connectivity index (χ1v) is 7.14. The van der Waals surface area contributed by atoms with E-state index in [1.165, 1.54) is 0 Å². The van der Waals surface area contributed by atoms with E-state index in [1.807, 2.05) is 4.90 Å². The molecule has 0 saturated carbocycles. The monoisotopic (exact) mass is 255 g/mol. The van der Waals surface area contributed by atoms with E-state index in [4.69, 9.17) is 10.5 Å². The Labute approximate surface area is 109 Å². The lowest BCUT2D eigenvalue weighted by Gasteiger charge is -2.24. The number of ether oxygens (including phenoxy) is 1. The minimum absolute atomic E-state index is 0.166. The van der Waals surface area contributed by atoms with Crippen LogP contribution in [-0.2, 0) is 9.53 Å². The Balaban J connectivity index is 1.78. The second-order valence-electron chi connectivity index (χ2n) is 5.16. The van der Waals surface area contributed by atoms with Gasteiger partial charge in [0.2, 0.25) is 0 Å². The lowest BCUT2D eigenvalue weighted by molar-refractivity contribution is -0.140.